The SMILES string of the molecule is Cc1nc(=S)n2[nH]c(N)c(N=Nc3ccc(S(=O)(=O)Nc4ccnn4-c4ccccc4)cc3)c2n1. The van der Waals surface area contributed by atoms with Crippen LogP contribution in [0.1, 0.15) is 5.82 Å². The van der Waals surface area contributed by atoms with Crippen molar-refractivity contribution in [2.75, 3.05) is 10.5 Å². The lowest BCUT2D eigenvalue weighted by Crippen LogP contribution is -2.15. The number of hydrogen-bond acceptors (Lipinski definition) is 9. The molecule has 3 aromatic heterocycles. The van der Waals surface area contributed by atoms with Gasteiger partial charge in [-0.1, -0.05) is 18.2 Å². The van der Waals surface area contributed by atoms with Crippen LogP contribution in [0.3, 0.4) is 0 Å². The Kier molecular flexibility index (Phi) is 5.58. The van der Waals surface area contributed by atoms with Crippen LogP contribution in [0.5, 0.6) is 0 Å². The number of benzene rings is 2. The average molecular weight is 507 g/mol. The number of fused-ring (bicyclic) bond motifs is 1. The molecule has 14 heteroatoms. The smallest absolute Gasteiger partial charge is 0.263 e. The van der Waals surface area contributed by atoms with Crippen LogP contribution >= 0.6 is 12.2 Å². The van der Waals surface area contributed by atoms with Crippen molar-refractivity contribution in [1.29, 1.82) is 0 Å². The van der Waals surface area contributed by atoms with Crippen molar-refractivity contribution in [3.63, 3.8) is 0 Å². The van der Waals surface area contributed by atoms with Gasteiger partial charge in [0.25, 0.3) is 10.0 Å². The summed E-state index contributed by atoms with van der Waals surface area (Å²) in [7, 11) is -3.87. The highest BCUT2D eigenvalue weighted by Gasteiger charge is 2.17. The summed E-state index contributed by atoms with van der Waals surface area (Å²) in [6.45, 7) is 1.71. The lowest BCUT2D eigenvalue weighted by atomic mass is 10.3. The number of H-pyrrole nitrogens is 1. The highest BCUT2D eigenvalue weighted by molar-refractivity contribution is 7.92. The molecule has 0 unspecified atom stereocenters. The maximum Gasteiger partial charge on any atom is 0.263 e. The maximum absolute atomic E-state index is 12.9. The largest absolute Gasteiger partial charge is 0.382 e. The standard InChI is InChI=1S/C21H18N10O2S2/c1-13-24-20-18(19(22)28-31(20)21(34)25-13)27-26-14-7-9-16(10-8-14)35(32,33)29-17-11-12-23-30(17)15-5-3-2-4-6-15/h2-12,28-29H,22H2,1H3. The van der Waals surface area contributed by atoms with Gasteiger partial charge < -0.3 is 5.73 Å². The average Bonchev–Trinajstić information content (AvgIpc) is 3.42. The topological polar surface area (TPSA) is 161 Å². The Morgan fingerprint density at radius 3 is 2.51 bits per heavy atom. The van der Waals surface area contributed by atoms with Crippen LogP contribution < -0.4 is 10.5 Å². The van der Waals surface area contributed by atoms with E-state index in [2.05, 4.69) is 35.1 Å². The highest BCUT2D eigenvalue weighted by Crippen LogP contribution is 2.29. The summed E-state index contributed by atoms with van der Waals surface area (Å²) in [5.41, 5.74) is 7.83. The first-order valence-corrected chi connectivity index (χ1v) is 12.1. The van der Waals surface area contributed by atoms with Gasteiger partial charge >= 0.3 is 0 Å². The monoisotopic (exact) mass is 506 g/mol. The number of rotatable bonds is 6. The van der Waals surface area contributed by atoms with Gasteiger partial charge in [0.1, 0.15) is 17.5 Å². The molecule has 0 amide bonds. The summed E-state index contributed by atoms with van der Waals surface area (Å²) in [4.78, 5) is 8.46. The third kappa shape index (κ3) is 4.39. The number of aromatic amines is 1. The van der Waals surface area contributed by atoms with Gasteiger partial charge in [0.05, 0.1) is 22.5 Å². The zero-order valence-corrected chi connectivity index (χ0v) is 19.8. The molecule has 176 valence electrons. The minimum Gasteiger partial charge on any atom is -0.382 e. The molecule has 0 aliphatic heterocycles. The Bertz CT molecular complexity index is 1720. The van der Waals surface area contributed by atoms with Crippen LogP contribution in [-0.4, -0.2) is 37.8 Å². The summed E-state index contributed by atoms with van der Waals surface area (Å²) >= 11 is 5.20. The summed E-state index contributed by atoms with van der Waals surface area (Å²) in [6, 6.07) is 16.7. The van der Waals surface area contributed by atoms with Gasteiger partial charge in [-0.15, -0.1) is 5.11 Å². The number of hydrogen-bond donors (Lipinski definition) is 3. The predicted molar refractivity (Wildman–Crippen MR) is 132 cm³/mol. The zero-order chi connectivity index (χ0) is 24.6. The second-order valence-corrected chi connectivity index (χ2v) is 9.40. The van der Waals surface area contributed by atoms with Crippen LogP contribution in [0.15, 0.2) is 82.0 Å². The van der Waals surface area contributed by atoms with Crippen molar-refractivity contribution in [2.24, 2.45) is 10.2 Å². The molecule has 4 N–H and O–H groups in total. The van der Waals surface area contributed by atoms with Crippen LogP contribution in [0, 0.1) is 11.7 Å². The fourth-order valence-corrected chi connectivity index (χ4v) is 4.62. The number of nitrogen functional groups attached to an aromatic ring is 1. The van der Waals surface area contributed by atoms with Crippen molar-refractivity contribution in [2.45, 2.75) is 11.8 Å². The first kappa shape index (κ1) is 22.4. The van der Waals surface area contributed by atoms with Crippen molar-refractivity contribution in [3.05, 3.63) is 77.5 Å². The number of nitrogens with zero attached hydrogens (tertiary/aromatic N) is 7. The van der Waals surface area contributed by atoms with E-state index in [4.69, 9.17) is 18.0 Å². The van der Waals surface area contributed by atoms with E-state index in [-0.39, 0.29) is 15.5 Å². The molecular formula is C21H18N10O2S2. The number of anilines is 2. The van der Waals surface area contributed by atoms with E-state index in [0.29, 0.717) is 28.7 Å². The second kappa shape index (κ2) is 8.73. The van der Waals surface area contributed by atoms with Gasteiger partial charge in [0.2, 0.25) is 4.77 Å². The van der Waals surface area contributed by atoms with Gasteiger partial charge in [-0.25, -0.2) is 27.6 Å². The van der Waals surface area contributed by atoms with E-state index in [9.17, 15) is 8.42 Å². The molecule has 5 rings (SSSR count). The number of nitrogens with one attached hydrogen (secondary N) is 2. The molecule has 5 aromatic rings. The molecule has 12 nitrogen and oxygen atoms in total. The van der Waals surface area contributed by atoms with Gasteiger partial charge in [0.15, 0.2) is 11.3 Å². The van der Waals surface area contributed by atoms with Crippen LogP contribution in [0.4, 0.5) is 23.0 Å². The van der Waals surface area contributed by atoms with E-state index in [1.807, 2.05) is 30.3 Å². The summed E-state index contributed by atoms with van der Waals surface area (Å²) in [5.74, 6) is 1.00. The first-order valence-electron chi connectivity index (χ1n) is 10.2. The van der Waals surface area contributed by atoms with Crippen molar-refractivity contribution < 1.29 is 8.42 Å². The highest BCUT2D eigenvalue weighted by atomic mass is 32.2. The number of para-hydroxylation sites is 1. The third-order valence-electron chi connectivity index (χ3n) is 4.92. The molecule has 0 aliphatic rings. The molecule has 3 heterocycles. The van der Waals surface area contributed by atoms with Crippen molar-refractivity contribution >= 4 is 50.9 Å². The molecule has 0 atom stereocenters. The molecule has 0 fully saturated rings. The van der Waals surface area contributed by atoms with Gasteiger partial charge in [0, 0.05) is 6.07 Å². The number of aryl methyl sites for hydroxylation is 1. The van der Waals surface area contributed by atoms with Gasteiger partial charge in [-0.2, -0.15) is 10.2 Å². The summed E-state index contributed by atoms with van der Waals surface area (Å²) in [6.07, 6.45) is 1.52. The van der Waals surface area contributed by atoms with E-state index in [1.54, 1.807) is 13.0 Å². The molecule has 0 spiro atoms. The van der Waals surface area contributed by atoms with Crippen LogP contribution in [0.2, 0.25) is 0 Å². The number of azo groups is 1. The minimum atomic E-state index is -3.87. The fourth-order valence-electron chi connectivity index (χ4n) is 3.31. The van der Waals surface area contributed by atoms with Gasteiger partial charge in [-0.3, -0.25) is 9.82 Å². The Hall–Kier alpha value is -4.43. The second-order valence-electron chi connectivity index (χ2n) is 7.35. The molecule has 0 saturated carbocycles. The molecule has 0 saturated heterocycles. The molecule has 0 aliphatic carbocycles. The molecule has 35 heavy (non-hydrogen) atoms. The van der Waals surface area contributed by atoms with Crippen molar-refractivity contribution in [1.82, 2.24) is 29.4 Å². The van der Waals surface area contributed by atoms with E-state index >= 15 is 0 Å². The Morgan fingerprint density at radius 2 is 1.77 bits per heavy atom. The quantitative estimate of drug-likeness (QED) is 0.231. The molecular weight excluding hydrogens is 488 g/mol. The fraction of sp³-hybridized carbons (Fsp3) is 0.0476. The minimum absolute atomic E-state index is 0.0542. The van der Waals surface area contributed by atoms with E-state index in [0.717, 1.165) is 5.69 Å². The number of sulfonamides is 1. The zero-order valence-electron chi connectivity index (χ0n) is 18.2. The Labute approximate surface area is 204 Å². The lowest BCUT2D eigenvalue weighted by Gasteiger charge is -2.10. The first-order chi connectivity index (χ1) is 16.8. The summed E-state index contributed by atoms with van der Waals surface area (Å²) in [5, 5.41) is 15.4. The van der Waals surface area contributed by atoms with Gasteiger partial charge in [-0.05, 0) is 55.5 Å². The maximum atomic E-state index is 12.9. The normalized spacial score (nSPS) is 11.9. The van der Waals surface area contributed by atoms with Crippen molar-refractivity contribution in [3.8, 4) is 5.69 Å². The molecule has 0 bridgehead atoms. The van der Waals surface area contributed by atoms with E-state index in [1.165, 1.54) is 39.7 Å². The number of nitrogens with two attached hydrogens (primary N) is 1. The Morgan fingerprint density at radius 1 is 1.03 bits per heavy atom. The third-order valence-corrected chi connectivity index (χ3v) is 6.57. The van der Waals surface area contributed by atoms with Crippen LogP contribution in [-0.2, 0) is 10.0 Å². The Balaban J connectivity index is 1.39. The number of aromatic nitrogens is 6. The molecule has 2 aromatic carbocycles. The van der Waals surface area contributed by atoms with Crippen LogP contribution in [0.25, 0.3) is 11.3 Å². The van der Waals surface area contributed by atoms with E-state index < -0.39 is 10.0 Å². The lowest BCUT2D eigenvalue weighted by molar-refractivity contribution is 0.600. The molecule has 0 radical (unpaired) electrons. The summed E-state index contributed by atoms with van der Waals surface area (Å²) < 4.78 is 31.6. The predicted octanol–water partition coefficient (Wildman–Crippen LogP) is 4.08.